The third kappa shape index (κ3) is 2.02. The first-order valence-corrected chi connectivity index (χ1v) is 7.26. The van der Waals surface area contributed by atoms with E-state index in [0.29, 0.717) is 17.1 Å². The van der Waals surface area contributed by atoms with Gasteiger partial charge in [-0.25, -0.2) is 0 Å². The van der Waals surface area contributed by atoms with Crippen molar-refractivity contribution >= 4 is 5.69 Å². The van der Waals surface area contributed by atoms with Crippen LogP contribution in [0.1, 0.15) is 17.5 Å². The van der Waals surface area contributed by atoms with Crippen molar-refractivity contribution in [3.05, 3.63) is 47.5 Å². The molecule has 3 N–H and O–H groups in total. The van der Waals surface area contributed by atoms with Crippen molar-refractivity contribution in [1.29, 1.82) is 0 Å². The molecule has 1 aliphatic rings. The van der Waals surface area contributed by atoms with E-state index in [4.69, 9.17) is 10.3 Å². The molecule has 0 saturated heterocycles. The van der Waals surface area contributed by atoms with Crippen molar-refractivity contribution in [3.63, 3.8) is 0 Å². The highest BCUT2D eigenvalue weighted by atomic mass is 16.5. The van der Waals surface area contributed by atoms with Gasteiger partial charge in [0.25, 0.3) is 5.89 Å². The molecule has 0 atom stereocenters. The first-order valence-electron chi connectivity index (χ1n) is 7.26. The van der Waals surface area contributed by atoms with Gasteiger partial charge in [-0.15, -0.1) is 0 Å². The normalized spacial score (nSPS) is 13.3. The second-order valence-corrected chi connectivity index (χ2v) is 5.50. The number of phenols is 1. The number of fused-ring (bicyclic) bond motifs is 1. The predicted molar refractivity (Wildman–Crippen MR) is 83.3 cm³/mol. The van der Waals surface area contributed by atoms with Crippen LogP contribution in [0.3, 0.4) is 0 Å². The minimum atomic E-state index is 0.0719. The number of aromatic hydroxyl groups is 1. The van der Waals surface area contributed by atoms with Gasteiger partial charge in [0.1, 0.15) is 5.75 Å². The van der Waals surface area contributed by atoms with Gasteiger partial charge >= 0.3 is 0 Å². The van der Waals surface area contributed by atoms with E-state index < -0.39 is 0 Å². The van der Waals surface area contributed by atoms with Crippen molar-refractivity contribution in [1.82, 2.24) is 10.1 Å². The van der Waals surface area contributed by atoms with Gasteiger partial charge in [-0.3, -0.25) is 0 Å². The molecule has 110 valence electrons. The van der Waals surface area contributed by atoms with Crippen LogP contribution >= 0.6 is 0 Å². The highest BCUT2D eigenvalue weighted by Gasteiger charge is 2.20. The lowest BCUT2D eigenvalue weighted by Crippen LogP contribution is -1.90. The molecule has 0 bridgehead atoms. The Morgan fingerprint density at radius 3 is 2.91 bits per heavy atom. The van der Waals surface area contributed by atoms with Crippen molar-refractivity contribution in [3.8, 4) is 28.6 Å². The van der Waals surface area contributed by atoms with Gasteiger partial charge in [-0.05, 0) is 48.6 Å². The molecule has 22 heavy (non-hydrogen) atoms. The molecular weight excluding hydrogens is 278 g/mol. The number of aryl methyl sites for hydroxylation is 1. The Balaban J connectivity index is 1.79. The molecule has 0 radical (unpaired) electrons. The first kappa shape index (κ1) is 12.9. The average molecular weight is 293 g/mol. The van der Waals surface area contributed by atoms with E-state index in [9.17, 15) is 5.11 Å². The Morgan fingerprint density at radius 2 is 2.00 bits per heavy atom. The summed E-state index contributed by atoms with van der Waals surface area (Å²) in [6.45, 7) is 0. The van der Waals surface area contributed by atoms with E-state index in [2.05, 4.69) is 16.2 Å². The molecule has 3 aromatic rings. The third-order valence-electron chi connectivity index (χ3n) is 4.06. The number of hydrogen-bond acceptors (Lipinski definition) is 5. The maximum absolute atomic E-state index is 9.94. The van der Waals surface area contributed by atoms with E-state index in [1.807, 2.05) is 12.1 Å². The smallest absolute Gasteiger partial charge is 0.262 e. The number of rotatable bonds is 2. The van der Waals surface area contributed by atoms with Crippen molar-refractivity contribution in [2.75, 3.05) is 5.73 Å². The van der Waals surface area contributed by atoms with Crippen molar-refractivity contribution in [2.24, 2.45) is 0 Å². The van der Waals surface area contributed by atoms with Crippen LogP contribution in [0.15, 0.2) is 40.9 Å². The molecule has 1 aromatic heterocycles. The van der Waals surface area contributed by atoms with Gasteiger partial charge in [0.15, 0.2) is 0 Å². The van der Waals surface area contributed by atoms with Crippen LogP contribution in [0.25, 0.3) is 22.8 Å². The fourth-order valence-electron chi connectivity index (χ4n) is 3.00. The van der Waals surface area contributed by atoms with E-state index >= 15 is 0 Å². The molecule has 4 rings (SSSR count). The van der Waals surface area contributed by atoms with Crippen LogP contribution in [-0.4, -0.2) is 15.2 Å². The monoisotopic (exact) mass is 293 g/mol. The highest BCUT2D eigenvalue weighted by Crippen LogP contribution is 2.34. The Labute approximate surface area is 127 Å². The van der Waals surface area contributed by atoms with E-state index in [-0.39, 0.29) is 11.6 Å². The number of nitrogen functional groups attached to an aromatic ring is 1. The Hall–Kier alpha value is -2.82. The van der Waals surface area contributed by atoms with Gasteiger partial charge in [-0.1, -0.05) is 23.4 Å². The van der Waals surface area contributed by atoms with Gasteiger partial charge in [-0.2, -0.15) is 4.98 Å². The number of nitrogens with two attached hydrogens (primary N) is 1. The number of hydrogen-bond donors (Lipinski definition) is 2. The number of nitrogens with zero attached hydrogens (tertiary/aromatic N) is 2. The van der Waals surface area contributed by atoms with Crippen molar-refractivity contribution < 1.29 is 9.63 Å². The molecule has 0 unspecified atom stereocenters. The van der Waals surface area contributed by atoms with Crippen LogP contribution in [-0.2, 0) is 12.8 Å². The summed E-state index contributed by atoms with van der Waals surface area (Å²) in [5.41, 5.74) is 10.4. The van der Waals surface area contributed by atoms with Crippen LogP contribution in [0.5, 0.6) is 5.75 Å². The molecule has 0 saturated carbocycles. The van der Waals surface area contributed by atoms with Crippen LogP contribution < -0.4 is 5.73 Å². The minimum Gasteiger partial charge on any atom is -0.507 e. The summed E-state index contributed by atoms with van der Waals surface area (Å²) in [6.07, 6.45) is 3.30. The predicted octanol–water partition coefficient (Wildman–Crippen LogP) is 3.18. The van der Waals surface area contributed by atoms with Gasteiger partial charge in [0.05, 0.1) is 5.56 Å². The lowest BCUT2D eigenvalue weighted by Gasteiger charge is -2.03. The molecule has 0 spiro atoms. The zero-order valence-electron chi connectivity index (χ0n) is 11.9. The number of phenolic OH excluding ortho intramolecular Hbond substituents is 1. The molecule has 0 aliphatic heterocycles. The van der Waals surface area contributed by atoms with Gasteiger partial charge < -0.3 is 15.4 Å². The zero-order chi connectivity index (χ0) is 15.1. The van der Waals surface area contributed by atoms with E-state index in [1.165, 1.54) is 17.2 Å². The minimum absolute atomic E-state index is 0.0719. The average Bonchev–Trinajstić information content (AvgIpc) is 3.17. The van der Waals surface area contributed by atoms with E-state index in [1.54, 1.807) is 12.1 Å². The second kappa shape index (κ2) is 4.87. The maximum Gasteiger partial charge on any atom is 0.262 e. The van der Waals surface area contributed by atoms with Gasteiger partial charge in [0.2, 0.25) is 5.82 Å². The molecule has 5 nitrogen and oxygen atoms in total. The summed E-state index contributed by atoms with van der Waals surface area (Å²) >= 11 is 0. The molecule has 1 heterocycles. The molecule has 5 heteroatoms. The summed E-state index contributed by atoms with van der Waals surface area (Å²) in [7, 11) is 0. The van der Waals surface area contributed by atoms with Crippen molar-refractivity contribution in [2.45, 2.75) is 19.3 Å². The Kier molecular flexibility index (Phi) is 2.85. The van der Waals surface area contributed by atoms with Crippen LogP contribution in [0, 0.1) is 0 Å². The molecule has 2 aromatic carbocycles. The van der Waals surface area contributed by atoms with Crippen LogP contribution in [0.4, 0.5) is 5.69 Å². The molecule has 1 aliphatic carbocycles. The molecule has 0 fully saturated rings. The summed E-state index contributed by atoms with van der Waals surface area (Å²) in [6, 6.07) is 11.0. The first-order chi connectivity index (χ1) is 10.7. The topological polar surface area (TPSA) is 85.2 Å². The second-order valence-electron chi connectivity index (χ2n) is 5.50. The maximum atomic E-state index is 9.94. The Morgan fingerprint density at radius 1 is 1.09 bits per heavy atom. The number of anilines is 1. The third-order valence-corrected chi connectivity index (χ3v) is 4.06. The zero-order valence-corrected chi connectivity index (χ0v) is 11.9. The fraction of sp³-hybridized carbons (Fsp3) is 0.176. The quantitative estimate of drug-likeness (QED) is 0.560. The number of aromatic nitrogens is 2. The summed E-state index contributed by atoms with van der Waals surface area (Å²) < 4.78 is 5.32. The SMILES string of the molecule is Nc1ccc(O)c(-c2nc(-c3cccc4c3CCC4)no2)c1. The standard InChI is InChI=1S/C17H15N3O2/c18-11-7-8-15(21)14(9-11)17-19-16(20-22-17)13-6-2-4-10-3-1-5-12(10)13/h2,4,6-9,21H,1,3,5,18H2. The molecule has 0 amide bonds. The highest BCUT2D eigenvalue weighted by molar-refractivity contribution is 5.70. The Bertz CT molecular complexity index is 855. The summed E-state index contributed by atoms with van der Waals surface area (Å²) in [4.78, 5) is 4.44. The van der Waals surface area contributed by atoms with Crippen LogP contribution in [0.2, 0.25) is 0 Å². The fourth-order valence-corrected chi connectivity index (χ4v) is 3.00. The largest absolute Gasteiger partial charge is 0.507 e. The number of benzene rings is 2. The van der Waals surface area contributed by atoms with E-state index in [0.717, 1.165) is 24.8 Å². The molecular formula is C17H15N3O2. The summed E-state index contributed by atoms with van der Waals surface area (Å²) in [5.74, 6) is 0.897. The summed E-state index contributed by atoms with van der Waals surface area (Å²) in [5, 5.41) is 14.0. The van der Waals surface area contributed by atoms with Gasteiger partial charge in [0, 0.05) is 11.3 Å². The lowest BCUT2D eigenvalue weighted by molar-refractivity contribution is 0.425. The lowest BCUT2D eigenvalue weighted by atomic mass is 10.0.